The highest BCUT2D eigenvalue weighted by Crippen LogP contribution is 2.34. The van der Waals surface area contributed by atoms with E-state index < -0.39 is 35.8 Å². The van der Waals surface area contributed by atoms with E-state index in [1.54, 1.807) is 0 Å². The minimum absolute atomic E-state index is 0.0511. The van der Waals surface area contributed by atoms with Crippen LogP contribution in [0.1, 0.15) is 0 Å². The molecule has 0 aliphatic carbocycles. The zero-order chi connectivity index (χ0) is 15.3. The Bertz CT molecular complexity index is 844. The molecule has 8 nitrogen and oxygen atoms in total. The second-order valence-electron chi connectivity index (χ2n) is 3.90. The fourth-order valence-corrected chi connectivity index (χ4v) is 2.74. The molecule has 0 aliphatic heterocycles. The van der Waals surface area contributed by atoms with Crippen LogP contribution >= 0.6 is 0 Å². The van der Waals surface area contributed by atoms with Crippen LogP contribution in [0.4, 0.5) is 5.69 Å². The normalized spacial score (nSPS) is 12.7. The van der Waals surface area contributed by atoms with Crippen molar-refractivity contribution in [3.05, 3.63) is 24.3 Å². The van der Waals surface area contributed by atoms with Gasteiger partial charge in [0.25, 0.3) is 20.2 Å². The third kappa shape index (κ3) is 2.54. The average molecular weight is 318 g/mol. The maximum absolute atomic E-state index is 11.0. The topological polar surface area (TPSA) is 155 Å². The summed E-state index contributed by atoms with van der Waals surface area (Å²) >= 11 is 0. The number of anilines is 1. The van der Waals surface area contributed by atoms with Gasteiger partial charge in [0.2, 0.25) is 0 Å². The summed E-state index contributed by atoms with van der Waals surface area (Å²) in [6, 6.07) is 4.69. The first-order chi connectivity index (χ1) is 9.00. The van der Waals surface area contributed by atoms with Gasteiger partial charge in [-0.05, 0) is 17.5 Å². The van der Waals surface area contributed by atoms with Crippen molar-refractivity contribution in [2.75, 3.05) is 5.73 Å². The van der Waals surface area contributed by atoms with E-state index in [2.05, 4.69) is 6.07 Å². The second kappa shape index (κ2) is 4.31. The molecule has 1 radical (unpaired) electrons. The zero-order valence-electron chi connectivity index (χ0n) is 9.60. The molecule has 0 spiro atoms. The first-order valence-corrected chi connectivity index (χ1v) is 7.81. The number of aromatic hydroxyl groups is 1. The molecule has 2 aromatic rings. The molecular weight excluding hydrogens is 310 g/mol. The Balaban J connectivity index is 2.95. The van der Waals surface area contributed by atoms with E-state index in [-0.39, 0.29) is 16.5 Å². The largest absolute Gasteiger partial charge is 0.507 e. The molecule has 0 amide bonds. The Kier molecular flexibility index (Phi) is 3.13. The van der Waals surface area contributed by atoms with Crippen LogP contribution in [0.25, 0.3) is 10.8 Å². The van der Waals surface area contributed by atoms with Gasteiger partial charge in [-0.15, -0.1) is 0 Å². The summed E-state index contributed by atoms with van der Waals surface area (Å²) in [5.41, 5.74) is 5.21. The van der Waals surface area contributed by atoms with Crippen LogP contribution in [0, 0.1) is 6.07 Å². The van der Waals surface area contributed by atoms with Gasteiger partial charge in [-0.25, -0.2) is 0 Å². The van der Waals surface area contributed by atoms with Gasteiger partial charge >= 0.3 is 0 Å². The van der Waals surface area contributed by atoms with Crippen LogP contribution in [0.2, 0.25) is 0 Å². The molecule has 0 saturated carbocycles. The minimum Gasteiger partial charge on any atom is -0.507 e. The molecule has 5 N–H and O–H groups in total. The molecule has 0 aromatic heterocycles. The van der Waals surface area contributed by atoms with Gasteiger partial charge in [-0.2, -0.15) is 16.8 Å². The highest BCUT2D eigenvalue weighted by Gasteiger charge is 2.18. The summed E-state index contributed by atoms with van der Waals surface area (Å²) in [6.45, 7) is 0. The van der Waals surface area contributed by atoms with E-state index in [0.717, 1.165) is 18.2 Å². The number of phenolic OH excluding ortho intramolecular Hbond substituents is 1. The fraction of sp³-hybridized carbons (Fsp3) is 0. The molecule has 0 atom stereocenters. The molecule has 2 rings (SSSR count). The number of nitrogens with two attached hydrogens (primary N) is 1. The van der Waals surface area contributed by atoms with Crippen LogP contribution < -0.4 is 5.73 Å². The summed E-state index contributed by atoms with van der Waals surface area (Å²) in [6.07, 6.45) is 0. The number of benzene rings is 2. The van der Waals surface area contributed by atoms with E-state index in [1.807, 2.05) is 0 Å². The Hall–Kier alpha value is -1.88. The summed E-state index contributed by atoms with van der Waals surface area (Å²) < 4.78 is 62.0. The van der Waals surface area contributed by atoms with Crippen LogP contribution in [-0.2, 0) is 20.2 Å². The van der Waals surface area contributed by atoms with E-state index >= 15 is 0 Å². The molecule has 0 saturated heterocycles. The molecule has 10 heteroatoms. The van der Waals surface area contributed by atoms with Gasteiger partial charge in [0, 0.05) is 17.5 Å². The Morgan fingerprint density at radius 1 is 1.00 bits per heavy atom. The van der Waals surface area contributed by atoms with Crippen LogP contribution in [0.5, 0.6) is 5.75 Å². The van der Waals surface area contributed by atoms with Crippen molar-refractivity contribution in [3.63, 3.8) is 0 Å². The molecular formula is C10H8NO7S2. The molecule has 0 fully saturated rings. The molecule has 2 aromatic carbocycles. The number of nitrogen functional groups attached to an aromatic ring is 1. The number of phenols is 1. The van der Waals surface area contributed by atoms with Crippen LogP contribution in [0.3, 0.4) is 0 Å². The lowest BCUT2D eigenvalue weighted by atomic mass is 10.1. The highest BCUT2D eigenvalue weighted by atomic mass is 32.2. The minimum atomic E-state index is -4.61. The number of hydrogen-bond donors (Lipinski definition) is 4. The summed E-state index contributed by atoms with van der Waals surface area (Å²) in [7, 11) is -9.21. The smallest absolute Gasteiger partial charge is 0.295 e. The van der Waals surface area contributed by atoms with E-state index in [0.29, 0.717) is 0 Å². The second-order valence-corrected chi connectivity index (χ2v) is 6.72. The van der Waals surface area contributed by atoms with Crippen LogP contribution in [0.15, 0.2) is 28.0 Å². The standard InChI is InChI=1S/C10H8NO7S2/c11-8-3-6(19(13,14)15)1-5-2-7(20(16,17)18)4-9(12)10(5)8/h1-2,4,12H,11H2,(H,13,14,15)(H,16,17,18). The van der Waals surface area contributed by atoms with Gasteiger partial charge in [0.1, 0.15) is 10.6 Å². The van der Waals surface area contributed by atoms with Gasteiger partial charge < -0.3 is 10.8 Å². The summed E-state index contributed by atoms with van der Waals surface area (Å²) in [5.74, 6) is -0.578. The van der Waals surface area contributed by atoms with E-state index in [9.17, 15) is 21.9 Å². The Morgan fingerprint density at radius 2 is 1.60 bits per heavy atom. The fourth-order valence-electron chi connectivity index (χ4n) is 1.69. The summed E-state index contributed by atoms with van der Waals surface area (Å²) in [5, 5.41) is 9.56. The molecule has 107 valence electrons. The predicted octanol–water partition coefficient (Wildman–Crippen LogP) is 0.421. The quantitative estimate of drug-likeness (QED) is 0.458. The number of fused-ring (bicyclic) bond motifs is 1. The van der Waals surface area contributed by atoms with Gasteiger partial charge in [-0.3, -0.25) is 9.11 Å². The molecule has 0 bridgehead atoms. The highest BCUT2D eigenvalue weighted by molar-refractivity contribution is 7.86. The van der Waals surface area contributed by atoms with Gasteiger partial charge in [0.05, 0.1) is 10.6 Å². The van der Waals surface area contributed by atoms with Crippen molar-refractivity contribution in [2.45, 2.75) is 9.79 Å². The third-order valence-corrected chi connectivity index (χ3v) is 4.12. The number of rotatable bonds is 2. The van der Waals surface area contributed by atoms with Crippen molar-refractivity contribution in [2.24, 2.45) is 0 Å². The van der Waals surface area contributed by atoms with Gasteiger partial charge in [0.15, 0.2) is 0 Å². The monoisotopic (exact) mass is 318 g/mol. The van der Waals surface area contributed by atoms with Crippen molar-refractivity contribution in [1.82, 2.24) is 0 Å². The summed E-state index contributed by atoms with van der Waals surface area (Å²) in [4.78, 5) is -1.33. The maximum Gasteiger partial charge on any atom is 0.295 e. The lowest BCUT2D eigenvalue weighted by Gasteiger charge is -2.08. The molecule has 0 aliphatic rings. The lowest BCUT2D eigenvalue weighted by Crippen LogP contribution is -2.02. The molecule has 0 heterocycles. The van der Waals surface area contributed by atoms with Crippen molar-refractivity contribution in [3.8, 4) is 5.75 Å². The first-order valence-electron chi connectivity index (χ1n) is 4.93. The predicted molar refractivity (Wildman–Crippen MR) is 68.5 cm³/mol. The van der Waals surface area contributed by atoms with Crippen LogP contribution in [-0.4, -0.2) is 31.0 Å². The van der Waals surface area contributed by atoms with Crippen molar-refractivity contribution < 1.29 is 31.0 Å². The zero-order valence-corrected chi connectivity index (χ0v) is 11.2. The average Bonchev–Trinajstić information content (AvgIpc) is 2.25. The van der Waals surface area contributed by atoms with E-state index in [4.69, 9.17) is 14.8 Å². The van der Waals surface area contributed by atoms with Crippen molar-refractivity contribution in [1.29, 1.82) is 0 Å². The van der Waals surface area contributed by atoms with Gasteiger partial charge in [-0.1, -0.05) is 0 Å². The van der Waals surface area contributed by atoms with Crippen molar-refractivity contribution >= 4 is 36.7 Å². The molecule has 0 unspecified atom stereocenters. The number of hydrogen-bond acceptors (Lipinski definition) is 6. The SMILES string of the molecule is Nc1[c]c(S(=O)(=O)O)cc2cc(S(=O)(=O)O)cc(O)c12. The third-order valence-electron chi connectivity index (χ3n) is 2.51. The maximum atomic E-state index is 11.0. The Morgan fingerprint density at radius 3 is 2.10 bits per heavy atom. The Labute approximate surface area is 114 Å². The first kappa shape index (κ1) is 14.5. The van der Waals surface area contributed by atoms with E-state index in [1.165, 1.54) is 0 Å². The molecule has 20 heavy (non-hydrogen) atoms. The lowest BCUT2D eigenvalue weighted by molar-refractivity contribution is 0.471.